The highest BCUT2D eigenvalue weighted by Gasteiger charge is 2.29. The van der Waals surface area contributed by atoms with Crippen LogP contribution < -0.4 is 16.0 Å². The van der Waals surface area contributed by atoms with Gasteiger partial charge < -0.3 is 24.6 Å². The standard InChI is InChI=1S/C37H36N4O8/c42-33(43)32(39-35(44)49-24-31-29-18-9-7-16-27(29)28-17-8-10-19-30(28)31)20-11-21-38-34(40-36(45)47-22-25-12-3-1-4-13-25)41-37(46)48-23-26-14-5-2-6-15-26/h1-10,12-19,31-32H,11,20-24H2,(H,39,44)(H,42,43)(H2,38,40,41,45,46). The number of nitrogens with zero attached hydrogens (tertiary/aromatic N) is 1. The van der Waals surface area contributed by atoms with Crippen molar-refractivity contribution >= 4 is 30.2 Å². The number of alkyl carbamates (subject to hydrolysis) is 3. The van der Waals surface area contributed by atoms with E-state index in [0.29, 0.717) is 0 Å². The minimum absolute atomic E-state index is 0.00673. The van der Waals surface area contributed by atoms with Gasteiger partial charge in [-0.05, 0) is 46.2 Å². The maximum absolute atomic E-state index is 12.7. The Morgan fingerprint density at radius 2 is 1.14 bits per heavy atom. The summed E-state index contributed by atoms with van der Waals surface area (Å²) in [6.45, 7) is 0.00181. The summed E-state index contributed by atoms with van der Waals surface area (Å²) >= 11 is 0. The highest BCUT2D eigenvalue weighted by atomic mass is 16.6. The van der Waals surface area contributed by atoms with Crippen molar-refractivity contribution in [1.29, 1.82) is 0 Å². The molecule has 4 aromatic rings. The van der Waals surface area contributed by atoms with Crippen LogP contribution in [-0.2, 0) is 32.2 Å². The molecule has 4 N–H and O–H groups in total. The molecule has 0 saturated heterocycles. The molecule has 1 aliphatic rings. The van der Waals surface area contributed by atoms with Gasteiger partial charge >= 0.3 is 24.2 Å². The zero-order chi connectivity index (χ0) is 34.4. The van der Waals surface area contributed by atoms with E-state index in [1.165, 1.54) is 0 Å². The number of hydrogen-bond acceptors (Lipinski definition) is 8. The monoisotopic (exact) mass is 664 g/mol. The lowest BCUT2D eigenvalue weighted by atomic mass is 9.98. The maximum atomic E-state index is 12.7. The van der Waals surface area contributed by atoms with Crippen molar-refractivity contribution in [1.82, 2.24) is 16.0 Å². The quantitative estimate of drug-likeness (QED) is 0.0623. The summed E-state index contributed by atoms with van der Waals surface area (Å²) in [5.74, 6) is -1.66. The summed E-state index contributed by atoms with van der Waals surface area (Å²) in [5.41, 5.74) is 5.75. The third-order valence-corrected chi connectivity index (χ3v) is 7.72. The van der Waals surface area contributed by atoms with Crippen molar-refractivity contribution in [2.24, 2.45) is 4.99 Å². The molecule has 12 heteroatoms. The van der Waals surface area contributed by atoms with E-state index in [4.69, 9.17) is 14.2 Å². The Morgan fingerprint density at radius 3 is 1.65 bits per heavy atom. The molecule has 0 aromatic heterocycles. The van der Waals surface area contributed by atoms with Crippen LogP contribution in [0.5, 0.6) is 0 Å². The third-order valence-electron chi connectivity index (χ3n) is 7.72. The van der Waals surface area contributed by atoms with Crippen LogP contribution in [0.15, 0.2) is 114 Å². The molecule has 1 unspecified atom stereocenters. The normalized spacial score (nSPS) is 12.0. The van der Waals surface area contributed by atoms with E-state index < -0.39 is 30.3 Å². The minimum atomic E-state index is -1.26. The van der Waals surface area contributed by atoms with Gasteiger partial charge in [-0.3, -0.25) is 15.6 Å². The average Bonchev–Trinajstić information content (AvgIpc) is 3.44. The second-order valence-electron chi connectivity index (χ2n) is 11.1. The summed E-state index contributed by atoms with van der Waals surface area (Å²) in [5, 5.41) is 17.0. The Balaban J connectivity index is 1.13. The van der Waals surface area contributed by atoms with Gasteiger partial charge in [-0.1, -0.05) is 109 Å². The number of ether oxygens (including phenoxy) is 3. The Bertz CT molecular complexity index is 1680. The minimum Gasteiger partial charge on any atom is -0.480 e. The number of amides is 3. The summed E-state index contributed by atoms with van der Waals surface area (Å²) in [7, 11) is 0. The van der Waals surface area contributed by atoms with Gasteiger partial charge in [-0.25, -0.2) is 19.2 Å². The van der Waals surface area contributed by atoms with E-state index in [-0.39, 0.29) is 51.1 Å². The fraction of sp³-hybridized carbons (Fsp3) is 0.216. The van der Waals surface area contributed by atoms with E-state index in [0.717, 1.165) is 33.4 Å². The van der Waals surface area contributed by atoms with Crippen molar-refractivity contribution in [3.05, 3.63) is 131 Å². The molecular weight excluding hydrogens is 628 g/mol. The van der Waals surface area contributed by atoms with Gasteiger partial charge in [0.25, 0.3) is 0 Å². The predicted octanol–water partition coefficient (Wildman–Crippen LogP) is 5.97. The van der Waals surface area contributed by atoms with Gasteiger partial charge in [-0.2, -0.15) is 0 Å². The Morgan fingerprint density at radius 1 is 0.653 bits per heavy atom. The maximum Gasteiger partial charge on any atom is 0.414 e. The van der Waals surface area contributed by atoms with Crippen LogP contribution in [0.25, 0.3) is 11.1 Å². The number of rotatable bonds is 12. The number of carboxylic acid groups (broad SMARTS) is 1. The number of aliphatic imine (C=N–C) groups is 1. The predicted molar refractivity (Wildman–Crippen MR) is 181 cm³/mol. The first-order valence-corrected chi connectivity index (χ1v) is 15.7. The molecule has 0 bridgehead atoms. The lowest BCUT2D eigenvalue weighted by Gasteiger charge is -2.17. The lowest BCUT2D eigenvalue weighted by molar-refractivity contribution is -0.139. The molecule has 49 heavy (non-hydrogen) atoms. The summed E-state index contributed by atoms with van der Waals surface area (Å²) in [6.07, 6.45) is -2.43. The number of aliphatic carboxylic acids is 1. The third kappa shape index (κ3) is 9.91. The summed E-state index contributed by atoms with van der Waals surface area (Å²) < 4.78 is 16.0. The van der Waals surface area contributed by atoms with Crippen LogP contribution in [0, 0.1) is 0 Å². The van der Waals surface area contributed by atoms with E-state index >= 15 is 0 Å². The number of fused-ring (bicyclic) bond motifs is 3. The second kappa shape index (κ2) is 17.1. The molecule has 0 heterocycles. The molecule has 12 nitrogen and oxygen atoms in total. The first kappa shape index (κ1) is 34.2. The van der Waals surface area contributed by atoms with Gasteiger partial charge in [0.1, 0.15) is 25.9 Å². The van der Waals surface area contributed by atoms with Gasteiger partial charge in [-0.15, -0.1) is 0 Å². The zero-order valence-electron chi connectivity index (χ0n) is 26.5. The van der Waals surface area contributed by atoms with Crippen molar-refractivity contribution in [2.75, 3.05) is 13.2 Å². The van der Waals surface area contributed by atoms with Crippen LogP contribution in [0.4, 0.5) is 14.4 Å². The van der Waals surface area contributed by atoms with Gasteiger partial charge in [0.05, 0.1) is 0 Å². The Labute approximate surface area is 283 Å². The van der Waals surface area contributed by atoms with Gasteiger partial charge in [0.2, 0.25) is 5.96 Å². The summed E-state index contributed by atoms with van der Waals surface area (Å²) in [6, 6.07) is 32.6. The first-order valence-electron chi connectivity index (χ1n) is 15.7. The molecule has 0 aliphatic heterocycles. The molecule has 3 amide bonds. The van der Waals surface area contributed by atoms with Gasteiger partial charge in [0, 0.05) is 12.5 Å². The van der Waals surface area contributed by atoms with Crippen LogP contribution in [0.3, 0.4) is 0 Å². The molecule has 1 aliphatic carbocycles. The molecule has 0 saturated carbocycles. The van der Waals surface area contributed by atoms with E-state index in [2.05, 4.69) is 20.9 Å². The topological polar surface area (TPSA) is 165 Å². The highest BCUT2D eigenvalue weighted by molar-refractivity contribution is 6.01. The zero-order valence-corrected chi connectivity index (χ0v) is 26.5. The summed E-state index contributed by atoms with van der Waals surface area (Å²) in [4.78, 5) is 53.9. The van der Waals surface area contributed by atoms with Crippen LogP contribution in [-0.4, -0.2) is 54.5 Å². The number of carbonyl (C=O) groups is 4. The fourth-order valence-electron chi connectivity index (χ4n) is 5.35. The van der Waals surface area contributed by atoms with E-state index in [9.17, 15) is 24.3 Å². The van der Waals surface area contributed by atoms with Crippen molar-refractivity contribution in [3.63, 3.8) is 0 Å². The van der Waals surface area contributed by atoms with Crippen molar-refractivity contribution in [3.8, 4) is 11.1 Å². The molecular formula is C37H36N4O8. The molecule has 4 aromatic carbocycles. The van der Waals surface area contributed by atoms with Crippen LogP contribution in [0.1, 0.15) is 41.0 Å². The number of carbonyl (C=O) groups excluding carboxylic acids is 3. The number of carboxylic acids is 1. The molecule has 252 valence electrons. The van der Waals surface area contributed by atoms with Crippen LogP contribution in [0.2, 0.25) is 0 Å². The van der Waals surface area contributed by atoms with Crippen LogP contribution >= 0.6 is 0 Å². The number of guanidine groups is 1. The van der Waals surface area contributed by atoms with Crippen molar-refractivity contribution in [2.45, 2.75) is 38.0 Å². The Hall–Kier alpha value is -6.17. The van der Waals surface area contributed by atoms with Crippen molar-refractivity contribution < 1.29 is 38.5 Å². The number of hydrogen-bond donors (Lipinski definition) is 4. The largest absolute Gasteiger partial charge is 0.480 e. The fourth-order valence-corrected chi connectivity index (χ4v) is 5.35. The highest BCUT2D eigenvalue weighted by Crippen LogP contribution is 2.44. The molecule has 0 spiro atoms. The second-order valence-corrected chi connectivity index (χ2v) is 11.1. The Kier molecular flexibility index (Phi) is 11.9. The molecule has 0 fully saturated rings. The first-order chi connectivity index (χ1) is 23.9. The lowest BCUT2D eigenvalue weighted by Crippen LogP contribution is -2.44. The van der Waals surface area contributed by atoms with E-state index in [1.807, 2.05) is 60.7 Å². The smallest absolute Gasteiger partial charge is 0.414 e. The molecule has 0 radical (unpaired) electrons. The number of nitrogens with one attached hydrogen (secondary N) is 3. The van der Waals surface area contributed by atoms with Gasteiger partial charge in [0.15, 0.2) is 0 Å². The number of benzene rings is 4. The molecule has 1 atom stereocenters. The SMILES string of the molecule is O=C(NC(=NCCCC(NC(=O)OCC1c2ccccc2-c2ccccc21)C(=O)O)NC(=O)OCc1ccccc1)OCc1ccccc1. The molecule has 5 rings (SSSR count). The van der Waals surface area contributed by atoms with E-state index in [1.54, 1.807) is 48.5 Å². The average molecular weight is 665 g/mol.